The molecular weight excluding hydrogens is 280 g/mol. The van der Waals surface area contributed by atoms with Crippen molar-refractivity contribution in [2.24, 2.45) is 0 Å². The Morgan fingerprint density at radius 2 is 2.00 bits per heavy atom. The Balaban J connectivity index is 2.19. The van der Waals surface area contributed by atoms with Crippen LogP contribution in [0.15, 0.2) is 15.2 Å². The number of alkyl halides is 1. The third kappa shape index (κ3) is 2.34. The summed E-state index contributed by atoms with van der Waals surface area (Å²) in [5.74, 6) is 0.569. The van der Waals surface area contributed by atoms with E-state index < -0.39 is 0 Å². The second-order valence-electron chi connectivity index (χ2n) is 3.94. The molecule has 0 aliphatic heterocycles. The molecular formula is C11H14BrClS. The van der Waals surface area contributed by atoms with E-state index in [9.17, 15) is 0 Å². The van der Waals surface area contributed by atoms with Gasteiger partial charge in [-0.15, -0.1) is 11.6 Å². The zero-order valence-electron chi connectivity index (χ0n) is 8.01. The molecule has 14 heavy (non-hydrogen) atoms. The summed E-state index contributed by atoms with van der Waals surface area (Å²) in [7, 11) is 0. The molecule has 0 spiro atoms. The molecule has 1 aliphatic carbocycles. The highest BCUT2D eigenvalue weighted by Crippen LogP contribution is 2.39. The third-order valence-corrected chi connectivity index (χ3v) is 5.25. The molecule has 1 heterocycles. The van der Waals surface area contributed by atoms with Crippen LogP contribution in [0.1, 0.15) is 43.6 Å². The van der Waals surface area contributed by atoms with Gasteiger partial charge in [-0.3, -0.25) is 0 Å². The Kier molecular flexibility index (Phi) is 3.92. The Labute approximate surface area is 103 Å². The van der Waals surface area contributed by atoms with Crippen LogP contribution < -0.4 is 0 Å². The summed E-state index contributed by atoms with van der Waals surface area (Å²) in [6.45, 7) is 0. The molecule has 2 unspecified atom stereocenters. The molecule has 0 N–H and O–H groups in total. The van der Waals surface area contributed by atoms with E-state index in [0.717, 1.165) is 0 Å². The van der Waals surface area contributed by atoms with E-state index >= 15 is 0 Å². The van der Waals surface area contributed by atoms with Crippen molar-refractivity contribution in [1.82, 2.24) is 0 Å². The minimum atomic E-state index is 0.336. The lowest BCUT2D eigenvalue weighted by Gasteiger charge is -2.19. The zero-order valence-corrected chi connectivity index (χ0v) is 11.2. The summed E-state index contributed by atoms with van der Waals surface area (Å²) in [6.07, 6.45) is 6.40. The highest BCUT2D eigenvalue weighted by atomic mass is 79.9. The molecule has 1 aromatic heterocycles. The van der Waals surface area contributed by atoms with Crippen molar-refractivity contribution in [2.45, 2.75) is 43.4 Å². The molecule has 2 rings (SSSR count). The first-order valence-electron chi connectivity index (χ1n) is 5.14. The van der Waals surface area contributed by atoms with Gasteiger partial charge in [0.2, 0.25) is 0 Å². The summed E-state index contributed by atoms with van der Waals surface area (Å²) >= 11 is 11.8. The average molecular weight is 294 g/mol. The van der Waals surface area contributed by atoms with E-state index in [1.165, 1.54) is 42.1 Å². The summed E-state index contributed by atoms with van der Waals surface area (Å²) in [6, 6.07) is 0. The summed E-state index contributed by atoms with van der Waals surface area (Å²) in [5, 5.41) is 4.74. The molecule has 1 saturated carbocycles. The van der Waals surface area contributed by atoms with E-state index in [1.807, 2.05) is 0 Å². The van der Waals surface area contributed by atoms with E-state index in [0.29, 0.717) is 11.3 Å². The number of thiophene rings is 1. The Morgan fingerprint density at radius 1 is 1.21 bits per heavy atom. The standard InChI is InChI=1S/C11H14BrClS/c12-10-7-14-6-9(10)8-4-2-1-3-5-11(8)13/h6-8,11H,1-5H2. The first-order valence-corrected chi connectivity index (χ1v) is 7.32. The van der Waals surface area contributed by atoms with Crippen molar-refractivity contribution in [2.75, 3.05) is 0 Å². The molecule has 2 atom stereocenters. The molecule has 1 fully saturated rings. The van der Waals surface area contributed by atoms with Gasteiger partial charge in [0, 0.05) is 21.1 Å². The third-order valence-electron chi connectivity index (χ3n) is 2.97. The average Bonchev–Trinajstić information content (AvgIpc) is 2.46. The lowest BCUT2D eigenvalue weighted by atomic mass is 9.94. The van der Waals surface area contributed by atoms with Gasteiger partial charge in [-0.2, -0.15) is 11.3 Å². The molecule has 0 radical (unpaired) electrons. The van der Waals surface area contributed by atoms with Crippen molar-refractivity contribution < 1.29 is 0 Å². The monoisotopic (exact) mass is 292 g/mol. The van der Waals surface area contributed by atoms with Crippen molar-refractivity contribution >= 4 is 38.9 Å². The number of hydrogen-bond donors (Lipinski definition) is 0. The van der Waals surface area contributed by atoms with Crippen LogP contribution in [-0.4, -0.2) is 5.38 Å². The predicted octanol–water partition coefficient (Wildman–Crippen LogP) is 5.17. The van der Waals surface area contributed by atoms with E-state index in [-0.39, 0.29) is 0 Å². The van der Waals surface area contributed by atoms with Gasteiger partial charge in [0.1, 0.15) is 0 Å². The maximum absolute atomic E-state index is 6.43. The molecule has 1 aromatic rings. The summed E-state index contributed by atoms with van der Waals surface area (Å²) < 4.78 is 1.25. The Bertz CT molecular complexity index is 297. The van der Waals surface area contributed by atoms with Crippen molar-refractivity contribution in [3.63, 3.8) is 0 Å². The van der Waals surface area contributed by atoms with Crippen LogP contribution >= 0.6 is 38.9 Å². The van der Waals surface area contributed by atoms with E-state index in [4.69, 9.17) is 11.6 Å². The molecule has 1 aliphatic rings. The highest BCUT2D eigenvalue weighted by molar-refractivity contribution is 9.10. The van der Waals surface area contributed by atoms with Gasteiger partial charge >= 0.3 is 0 Å². The lowest BCUT2D eigenvalue weighted by Crippen LogP contribution is -2.10. The fourth-order valence-corrected chi connectivity index (χ4v) is 4.24. The smallest absolute Gasteiger partial charge is 0.0405 e. The summed E-state index contributed by atoms with van der Waals surface area (Å²) in [4.78, 5) is 0. The van der Waals surface area contributed by atoms with Gasteiger partial charge in [0.05, 0.1) is 0 Å². The van der Waals surface area contributed by atoms with Gasteiger partial charge < -0.3 is 0 Å². The van der Waals surface area contributed by atoms with Gasteiger partial charge in [-0.25, -0.2) is 0 Å². The topological polar surface area (TPSA) is 0 Å². The van der Waals surface area contributed by atoms with Crippen LogP contribution in [0.4, 0.5) is 0 Å². The van der Waals surface area contributed by atoms with Crippen LogP contribution in [0.2, 0.25) is 0 Å². The zero-order chi connectivity index (χ0) is 9.97. The second-order valence-corrected chi connectivity index (χ2v) is 6.09. The molecule has 78 valence electrons. The second kappa shape index (κ2) is 5.00. The van der Waals surface area contributed by atoms with Gasteiger partial charge in [0.25, 0.3) is 0 Å². The first-order chi connectivity index (χ1) is 6.79. The Hall–Kier alpha value is 0.470. The molecule has 0 amide bonds. The van der Waals surface area contributed by atoms with Crippen molar-refractivity contribution in [3.8, 4) is 0 Å². The molecule has 0 aromatic carbocycles. The van der Waals surface area contributed by atoms with Gasteiger partial charge in [-0.05, 0) is 39.7 Å². The molecule has 0 nitrogen and oxygen atoms in total. The maximum atomic E-state index is 6.43. The molecule has 0 bridgehead atoms. The summed E-state index contributed by atoms with van der Waals surface area (Å²) in [5.41, 5.74) is 1.43. The van der Waals surface area contributed by atoms with Crippen LogP contribution in [0.5, 0.6) is 0 Å². The minimum Gasteiger partial charge on any atom is -0.151 e. The Morgan fingerprint density at radius 3 is 2.71 bits per heavy atom. The van der Waals surface area contributed by atoms with E-state index in [2.05, 4.69) is 26.7 Å². The molecule has 3 heteroatoms. The minimum absolute atomic E-state index is 0.336. The molecule has 0 saturated heterocycles. The highest BCUT2D eigenvalue weighted by Gasteiger charge is 2.25. The van der Waals surface area contributed by atoms with Crippen LogP contribution in [0.25, 0.3) is 0 Å². The first kappa shape index (κ1) is 11.0. The fraction of sp³-hybridized carbons (Fsp3) is 0.636. The maximum Gasteiger partial charge on any atom is 0.0405 e. The lowest BCUT2D eigenvalue weighted by molar-refractivity contribution is 0.600. The van der Waals surface area contributed by atoms with Crippen molar-refractivity contribution in [3.05, 3.63) is 20.8 Å². The van der Waals surface area contributed by atoms with Crippen molar-refractivity contribution in [1.29, 1.82) is 0 Å². The van der Waals surface area contributed by atoms with Crippen LogP contribution in [0, 0.1) is 0 Å². The number of hydrogen-bond acceptors (Lipinski definition) is 1. The van der Waals surface area contributed by atoms with Gasteiger partial charge in [0.15, 0.2) is 0 Å². The quantitative estimate of drug-likeness (QED) is 0.495. The fourth-order valence-electron chi connectivity index (χ4n) is 2.17. The SMILES string of the molecule is ClC1CCCCCC1c1cscc1Br. The van der Waals surface area contributed by atoms with Crippen LogP contribution in [-0.2, 0) is 0 Å². The van der Waals surface area contributed by atoms with E-state index in [1.54, 1.807) is 11.3 Å². The van der Waals surface area contributed by atoms with Gasteiger partial charge in [-0.1, -0.05) is 19.3 Å². The largest absolute Gasteiger partial charge is 0.151 e. The predicted molar refractivity (Wildman–Crippen MR) is 67.5 cm³/mol. The number of halogens is 2. The van der Waals surface area contributed by atoms with Crippen LogP contribution in [0.3, 0.4) is 0 Å². The normalized spacial score (nSPS) is 28.7. The number of rotatable bonds is 1.